The molecule has 2 amide bonds. The predicted octanol–water partition coefficient (Wildman–Crippen LogP) is 1.72. The van der Waals surface area contributed by atoms with E-state index in [-0.39, 0.29) is 0 Å². The number of hydrogen-bond donors (Lipinski definition) is 2. The van der Waals surface area contributed by atoms with Crippen molar-refractivity contribution in [3.8, 4) is 11.5 Å². The molecule has 0 aromatic heterocycles. The third-order valence-electron chi connectivity index (χ3n) is 2.66. The third kappa shape index (κ3) is 5.78. The van der Waals surface area contributed by atoms with Crippen LogP contribution >= 0.6 is 11.6 Å². The fraction of sp³-hybridized carbons (Fsp3) is 0.400. The van der Waals surface area contributed by atoms with E-state index in [2.05, 4.69) is 15.8 Å². The molecule has 0 atom stereocenters. The summed E-state index contributed by atoms with van der Waals surface area (Å²) in [6, 6.07) is 3.27. The van der Waals surface area contributed by atoms with E-state index >= 15 is 0 Å². The first-order valence-corrected chi connectivity index (χ1v) is 7.52. The van der Waals surface area contributed by atoms with Gasteiger partial charge in [0.15, 0.2) is 11.5 Å². The number of halogens is 1. The molecular formula is C15H20ClN3O4. The van der Waals surface area contributed by atoms with E-state index in [1.165, 1.54) is 13.3 Å². The molecule has 1 aromatic carbocycles. The van der Waals surface area contributed by atoms with Crippen LogP contribution in [0.5, 0.6) is 11.5 Å². The smallest absolute Gasteiger partial charge is 0.329 e. The standard InChI is InChI=1S/C15H20ClN3O4/c1-4-6-17-14(20)15(21)19-18-9-10-7-11(16)13(23-5-2)12(8-10)22-3/h7-9H,4-6H2,1-3H3,(H,17,20)(H,19,21)/b18-9-. The Morgan fingerprint density at radius 2 is 2.04 bits per heavy atom. The van der Waals surface area contributed by atoms with Crippen molar-refractivity contribution in [1.82, 2.24) is 10.7 Å². The van der Waals surface area contributed by atoms with E-state index in [9.17, 15) is 9.59 Å². The van der Waals surface area contributed by atoms with E-state index in [1.807, 2.05) is 13.8 Å². The minimum atomic E-state index is -0.835. The number of rotatable bonds is 7. The van der Waals surface area contributed by atoms with Crippen molar-refractivity contribution in [2.45, 2.75) is 20.3 Å². The number of benzene rings is 1. The van der Waals surface area contributed by atoms with Crippen LogP contribution in [0.25, 0.3) is 0 Å². The molecule has 2 N–H and O–H groups in total. The molecule has 1 aromatic rings. The summed E-state index contributed by atoms with van der Waals surface area (Å²) < 4.78 is 10.6. The van der Waals surface area contributed by atoms with Crippen LogP contribution < -0.4 is 20.2 Å². The molecule has 0 aliphatic carbocycles. The molecule has 23 heavy (non-hydrogen) atoms. The highest BCUT2D eigenvalue weighted by molar-refractivity contribution is 6.35. The van der Waals surface area contributed by atoms with Gasteiger partial charge in [-0.25, -0.2) is 5.43 Å². The Morgan fingerprint density at radius 1 is 1.30 bits per heavy atom. The Balaban J connectivity index is 2.75. The molecule has 0 unspecified atom stereocenters. The Morgan fingerprint density at radius 3 is 2.65 bits per heavy atom. The summed E-state index contributed by atoms with van der Waals surface area (Å²) in [4.78, 5) is 22.8. The van der Waals surface area contributed by atoms with E-state index < -0.39 is 11.8 Å². The zero-order valence-electron chi connectivity index (χ0n) is 13.3. The maximum Gasteiger partial charge on any atom is 0.329 e. The van der Waals surface area contributed by atoms with Crippen molar-refractivity contribution in [3.05, 3.63) is 22.7 Å². The van der Waals surface area contributed by atoms with Gasteiger partial charge in [-0.2, -0.15) is 5.10 Å². The Hall–Kier alpha value is -2.28. The quantitative estimate of drug-likeness (QED) is 0.449. The number of hydrazone groups is 1. The number of methoxy groups -OCH3 is 1. The number of hydrogen-bond acceptors (Lipinski definition) is 5. The van der Waals surface area contributed by atoms with Crippen LogP contribution in [-0.4, -0.2) is 38.3 Å². The maximum atomic E-state index is 11.5. The monoisotopic (exact) mass is 341 g/mol. The minimum Gasteiger partial charge on any atom is -0.493 e. The molecule has 126 valence electrons. The second-order valence-electron chi connectivity index (χ2n) is 4.42. The second-order valence-corrected chi connectivity index (χ2v) is 4.83. The van der Waals surface area contributed by atoms with Gasteiger partial charge in [0.1, 0.15) is 0 Å². The maximum absolute atomic E-state index is 11.5. The second kappa shape index (κ2) is 9.68. The van der Waals surface area contributed by atoms with Crippen LogP contribution in [0.1, 0.15) is 25.8 Å². The molecule has 0 aliphatic rings. The zero-order valence-corrected chi connectivity index (χ0v) is 14.1. The summed E-state index contributed by atoms with van der Waals surface area (Å²) in [5.74, 6) is -0.672. The lowest BCUT2D eigenvalue weighted by molar-refractivity contribution is -0.139. The van der Waals surface area contributed by atoms with Gasteiger partial charge in [0.05, 0.1) is 25.0 Å². The molecule has 0 bridgehead atoms. The number of carbonyl (C=O) groups is 2. The van der Waals surface area contributed by atoms with Crippen molar-refractivity contribution in [2.24, 2.45) is 5.10 Å². The van der Waals surface area contributed by atoms with Gasteiger partial charge in [-0.05, 0) is 31.0 Å². The predicted molar refractivity (Wildman–Crippen MR) is 88.2 cm³/mol. The first kappa shape index (κ1) is 18.8. The Labute approximate surface area is 140 Å². The largest absolute Gasteiger partial charge is 0.493 e. The van der Waals surface area contributed by atoms with Gasteiger partial charge in [0, 0.05) is 6.54 Å². The van der Waals surface area contributed by atoms with Crippen LogP contribution in [-0.2, 0) is 9.59 Å². The molecular weight excluding hydrogens is 322 g/mol. The minimum absolute atomic E-state index is 0.361. The molecule has 0 radical (unpaired) electrons. The molecule has 0 spiro atoms. The Kier molecular flexibility index (Phi) is 7.90. The van der Waals surface area contributed by atoms with Gasteiger partial charge < -0.3 is 14.8 Å². The van der Waals surface area contributed by atoms with E-state index in [0.29, 0.717) is 35.2 Å². The topological polar surface area (TPSA) is 89.0 Å². The number of carbonyl (C=O) groups excluding carboxylic acids is 2. The lowest BCUT2D eigenvalue weighted by Gasteiger charge is -2.11. The fourth-order valence-corrected chi connectivity index (χ4v) is 1.91. The highest BCUT2D eigenvalue weighted by atomic mass is 35.5. The van der Waals surface area contributed by atoms with E-state index in [1.54, 1.807) is 12.1 Å². The molecule has 0 fully saturated rings. The van der Waals surface area contributed by atoms with E-state index in [4.69, 9.17) is 21.1 Å². The summed E-state index contributed by atoms with van der Waals surface area (Å²) >= 11 is 6.12. The molecule has 0 saturated carbocycles. The van der Waals surface area contributed by atoms with Gasteiger partial charge in [-0.1, -0.05) is 18.5 Å². The average Bonchev–Trinajstić information content (AvgIpc) is 2.54. The summed E-state index contributed by atoms with van der Waals surface area (Å²) in [6.07, 6.45) is 2.10. The summed E-state index contributed by atoms with van der Waals surface area (Å²) in [7, 11) is 1.49. The normalized spacial score (nSPS) is 10.4. The number of amides is 2. The lowest BCUT2D eigenvalue weighted by Crippen LogP contribution is -2.38. The number of nitrogens with zero attached hydrogens (tertiary/aromatic N) is 1. The van der Waals surface area contributed by atoms with Crippen LogP contribution in [0.4, 0.5) is 0 Å². The average molecular weight is 342 g/mol. The lowest BCUT2D eigenvalue weighted by atomic mass is 10.2. The zero-order chi connectivity index (χ0) is 17.2. The first-order valence-electron chi connectivity index (χ1n) is 7.15. The molecule has 1 rings (SSSR count). The molecule has 0 heterocycles. The van der Waals surface area contributed by atoms with Crippen LogP contribution in [0, 0.1) is 0 Å². The van der Waals surface area contributed by atoms with Gasteiger partial charge in [-0.15, -0.1) is 0 Å². The van der Waals surface area contributed by atoms with Crippen LogP contribution in [0.2, 0.25) is 5.02 Å². The fourth-order valence-electron chi connectivity index (χ4n) is 1.63. The van der Waals surface area contributed by atoms with Crippen molar-refractivity contribution in [3.63, 3.8) is 0 Å². The van der Waals surface area contributed by atoms with Gasteiger partial charge in [-0.3, -0.25) is 9.59 Å². The highest BCUT2D eigenvalue weighted by Crippen LogP contribution is 2.35. The van der Waals surface area contributed by atoms with Crippen molar-refractivity contribution < 1.29 is 19.1 Å². The third-order valence-corrected chi connectivity index (χ3v) is 2.94. The van der Waals surface area contributed by atoms with Crippen LogP contribution in [0.15, 0.2) is 17.2 Å². The van der Waals surface area contributed by atoms with Gasteiger partial charge in [0.2, 0.25) is 0 Å². The van der Waals surface area contributed by atoms with Crippen molar-refractivity contribution >= 4 is 29.6 Å². The van der Waals surface area contributed by atoms with Crippen molar-refractivity contribution in [1.29, 1.82) is 0 Å². The molecule has 8 heteroatoms. The highest BCUT2D eigenvalue weighted by Gasteiger charge is 2.12. The molecule has 7 nitrogen and oxygen atoms in total. The van der Waals surface area contributed by atoms with Crippen LogP contribution in [0.3, 0.4) is 0 Å². The Bertz CT molecular complexity index is 590. The first-order chi connectivity index (χ1) is 11.0. The summed E-state index contributed by atoms with van der Waals surface area (Å²) in [5, 5.41) is 6.53. The van der Waals surface area contributed by atoms with Crippen molar-refractivity contribution in [2.75, 3.05) is 20.3 Å². The SMILES string of the molecule is CCCNC(=O)C(=O)N/N=C\c1cc(Cl)c(OCC)c(OC)c1. The van der Waals surface area contributed by atoms with E-state index in [0.717, 1.165) is 6.42 Å². The van der Waals surface area contributed by atoms with Gasteiger partial charge in [0.25, 0.3) is 0 Å². The number of ether oxygens (including phenoxy) is 2. The summed E-state index contributed by atoms with van der Waals surface area (Å²) in [5.41, 5.74) is 2.73. The molecule has 0 saturated heterocycles. The summed E-state index contributed by atoms with van der Waals surface area (Å²) in [6.45, 7) is 4.61. The number of nitrogens with one attached hydrogen (secondary N) is 2. The van der Waals surface area contributed by atoms with Gasteiger partial charge >= 0.3 is 11.8 Å². The molecule has 0 aliphatic heterocycles.